The van der Waals surface area contributed by atoms with Crippen molar-refractivity contribution < 1.29 is 10.2 Å². The lowest BCUT2D eigenvalue weighted by Crippen LogP contribution is -2.18. The molecule has 0 aliphatic rings. The third-order valence-electron chi connectivity index (χ3n) is 2.78. The zero-order valence-corrected chi connectivity index (χ0v) is 10.2. The molecule has 0 amide bonds. The van der Waals surface area contributed by atoms with E-state index in [1.807, 2.05) is 25.1 Å². The van der Waals surface area contributed by atoms with Crippen molar-refractivity contribution in [1.29, 1.82) is 0 Å². The first-order valence-corrected chi connectivity index (χ1v) is 5.82. The summed E-state index contributed by atoms with van der Waals surface area (Å²) in [5.74, 6) is -0.198. The summed E-state index contributed by atoms with van der Waals surface area (Å²) in [6.45, 7) is 2.63. The number of aromatic nitrogens is 1. The Bertz CT molecular complexity index is 514. The van der Waals surface area contributed by atoms with Gasteiger partial charge in [0, 0.05) is 18.8 Å². The van der Waals surface area contributed by atoms with Gasteiger partial charge in [0.1, 0.15) is 0 Å². The minimum Gasteiger partial charge on any atom is -0.504 e. The van der Waals surface area contributed by atoms with E-state index in [1.54, 1.807) is 18.3 Å². The second-order valence-electron chi connectivity index (χ2n) is 4.18. The molecule has 4 nitrogen and oxygen atoms in total. The van der Waals surface area contributed by atoms with Gasteiger partial charge >= 0.3 is 0 Å². The molecule has 0 spiro atoms. The third kappa shape index (κ3) is 2.99. The Balaban J connectivity index is 1.97. The van der Waals surface area contributed by atoms with E-state index in [0.29, 0.717) is 6.54 Å². The van der Waals surface area contributed by atoms with Crippen LogP contribution in [0.3, 0.4) is 0 Å². The van der Waals surface area contributed by atoms with E-state index in [0.717, 1.165) is 11.3 Å². The molecule has 0 saturated heterocycles. The number of hydrogen-bond acceptors (Lipinski definition) is 4. The number of aromatic hydroxyl groups is 2. The zero-order chi connectivity index (χ0) is 13.0. The van der Waals surface area contributed by atoms with Crippen LogP contribution < -0.4 is 5.32 Å². The molecule has 2 rings (SSSR count). The molecule has 0 bridgehead atoms. The van der Waals surface area contributed by atoms with Gasteiger partial charge in [-0.25, -0.2) is 0 Å². The average molecular weight is 244 g/mol. The van der Waals surface area contributed by atoms with Crippen molar-refractivity contribution >= 4 is 0 Å². The number of pyridine rings is 1. The van der Waals surface area contributed by atoms with Crippen LogP contribution in [0.4, 0.5) is 0 Å². The van der Waals surface area contributed by atoms with Crippen LogP contribution in [0, 0.1) is 0 Å². The highest BCUT2D eigenvalue weighted by molar-refractivity contribution is 5.40. The van der Waals surface area contributed by atoms with Crippen molar-refractivity contribution in [1.82, 2.24) is 10.3 Å². The minimum absolute atomic E-state index is 0.0974. The molecular weight excluding hydrogens is 228 g/mol. The predicted octanol–water partition coefficient (Wildman–Crippen LogP) is 2.34. The topological polar surface area (TPSA) is 65.4 Å². The number of rotatable bonds is 4. The first-order valence-electron chi connectivity index (χ1n) is 5.82. The van der Waals surface area contributed by atoms with Crippen LogP contribution in [-0.2, 0) is 6.54 Å². The fraction of sp³-hybridized carbons (Fsp3) is 0.214. The molecule has 0 aliphatic carbocycles. The summed E-state index contributed by atoms with van der Waals surface area (Å²) in [5, 5.41) is 21.9. The first-order chi connectivity index (χ1) is 8.66. The highest BCUT2D eigenvalue weighted by Gasteiger charge is 2.06. The van der Waals surface area contributed by atoms with E-state index in [-0.39, 0.29) is 17.5 Å². The lowest BCUT2D eigenvalue weighted by molar-refractivity contribution is 0.402. The highest BCUT2D eigenvalue weighted by atomic mass is 16.3. The summed E-state index contributed by atoms with van der Waals surface area (Å²) in [4.78, 5) is 4.27. The number of benzene rings is 1. The Labute approximate surface area is 106 Å². The molecular formula is C14H16N2O2. The maximum Gasteiger partial charge on any atom is 0.157 e. The molecule has 4 heteroatoms. The zero-order valence-electron chi connectivity index (χ0n) is 10.2. The molecule has 1 atom stereocenters. The van der Waals surface area contributed by atoms with Crippen molar-refractivity contribution in [3.63, 3.8) is 0 Å². The summed E-state index contributed by atoms with van der Waals surface area (Å²) >= 11 is 0. The number of phenolic OH excluding ortho intramolecular Hbond substituents is 2. The molecule has 3 N–H and O–H groups in total. The summed E-state index contributed by atoms with van der Waals surface area (Å²) in [6.07, 6.45) is 1.76. The third-order valence-corrected chi connectivity index (χ3v) is 2.78. The van der Waals surface area contributed by atoms with Gasteiger partial charge < -0.3 is 15.5 Å². The molecule has 0 aliphatic heterocycles. The van der Waals surface area contributed by atoms with E-state index in [4.69, 9.17) is 0 Å². The van der Waals surface area contributed by atoms with Gasteiger partial charge in [0.2, 0.25) is 0 Å². The number of hydrogen-bond donors (Lipinski definition) is 3. The van der Waals surface area contributed by atoms with Crippen LogP contribution in [0.1, 0.15) is 24.2 Å². The van der Waals surface area contributed by atoms with Crippen molar-refractivity contribution in [3.05, 3.63) is 53.9 Å². The van der Waals surface area contributed by atoms with Crippen molar-refractivity contribution in [2.24, 2.45) is 0 Å². The lowest BCUT2D eigenvalue weighted by atomic mass is 10.1. The number of nitrogens with zero attached hydrogens (tertiary/aromatic N) is 1. The first kappa shape index (κ1) is 12.4. The summed E-state index contributed by atoms with van der Waals surface area (Å²) in [7, 11) is 0. The van der Waals surface area contributed by atoms with Gasteiger partial charge in [-0.1, -0.05) is 12.1 Å². The summed E-state index contributed by atoms with van der Waals surface area (Å²) < 4.78 is 0. The molecule has 18 heavy (non-hydrogen) atoms. The van der Waals surface area contributed by atoms with E-state index < -0.39 is 0 Å². The van der Waals surface area contributed by atoms with Gasteiger partial charge in [-0.15, -0.1) is 0 Å². The fourth-order valence-corrected chi connectivity index (χ4v) is 1.69. The summed E-state index contributed by atoms with van der Waals surface area (Å²) in [5.41, 5.74) is 1.88. The molecule has 94 valence electrons. The van der Waals surface area contributed by atoms with Gasteiger partial charge in [-0.05, 0) is 36.8 Å². The Morgan fingerprint density at radius 2 is 2.00 bits per heavy atom. The monoisotopic (exact) mass is 244 g/mol. The van der Waals surface area contributed by atoms with Crippen LogP contribution in [0.25, 0.3) is 0 Å². The van der Waals surface area contributed by atoms with E-state index in [2.05, 4.69) is 10.3 Å². The van der Waals surface area contributed by atoms with Crippen LogP contribution in [0.5, 0.6) is 11.5 Å². The Morgan fingerprint density at radius 3 is 2.67 bits per heavy atom. The largest absolute Gasteiger partial charge is 0.504 e. The van der Waals surface area contributed by atoms with Gasteiger partial charge in [0.25, 0.3) is 0 Å². The lowest BCUT2D eigenvalue weighted by Gasteiger charge is -2.13. The second-order valence-corrected chi connectivity index (χ2v) is 4.18. The molecule has 1 unspecified atom stereocenters. The van der Waals surface area contributed by atoms with Crippen molar-refractivity contribution in [3.8, 4) is 11.5 Å². The molecule has 1 aromatic heterocycles. The Kier molecular flexibility index (Phi) is 3.79. The SMILES string of the molecule is CC(NCc1ccc(O)c(O)c1)c1ccccn1. The molecule has 0 saturated carbocycles. The molecule has 1 heterocycles. The molecule has 0 fully saturated rings. The minimum atomic E-state index is -0.100. The van der Waals surface area contributed by atoms with Crippen molar-refractivity contribution in [2.45, 2.75) is 19.5 Å². The van der Waals surface area contributed by atoms with Crippen molar-refractivity contribution in [2.75, 3.05) is 0 Å². The maximum atomic E-state index is 9.39. The number of phenols is 2. The smallest absolute Gasteiger partial charge is 0.157 e. The van der Waals surface area contributed by atoms with Gasteiger partial charge in [0.15, 0.2) is 11.5 Å². The van der Waals surface area contributed by atoms with E-state index in [9.17, 15) is 10.2 Å². The molecule has 2 aromatic rings. The van der Waals surface area contributed by atoms with E-state index in [1.165, 1.54) is 6.07 Å². The summed E-state index contributed by atoms with van der Waals surface area (Å²) in [6, 6.07) is 10.7. The van der Waals surface area contributed by atoms with Gasteiger partial charge in [-0.2, -0.15) is 0 Å². The van der Waals surface area contributed by atoms with Gasteiger partial charge in [-0.3, -0.25) is 4.98 Å². The van der Waals surface area contributed by atoms with Crippen LogP contribution >= 0.6 is 0 Å². The molecule has 0 radical (unpaired) electrons. The van der Waals surface area contributed by atoms with E-state index >= 15 is 0 Å². The normalized spacial score (nSPS) is 12.3. The van der Waals surface area contributed by atoms with Crippen LogP contribution in [-0.4, -0.2) is 15.2 Å². The number of nitrogens with one attached hydrogen (secondary N) is 1. The quantitative estimate of drug-likeness (QED) is 0.722. The predicted molar refractivity (Wildman–Crippen MR) is 69.3 cm³/mol. The maximum absolute atomic E-state index is 9.39. The van der Waals surface area contributed by atoms with Crippen LogP contribution in [0.15, 0.2) is 42.6 Å². The van der Waals surface area contributed by atoms with Gasteiger partial charge in [0.05, 0.1) is 5.69 Å². The average Bonchev–Trinajstić information content (AvgIpc) is 2.41. The Morgan fingerprint density at radius 1 is 1.17 bits per heavy atom. The molecule has 1 aromatic carbocycles. The standard InChI is InChI=1S/C14H16N2O2/c1-10(12-4-2-3-7-15-12)16-9-11-5-6-13(17)14(18)8-11/h2-8,10,16-18H,9H2,1H3. The van der Waals surface area contributed by atoms with Crippen LogP contribution in [0.2, 0.25) is 0 Å². The highest BCUT2D eigenvalue weighted by Crippen LogP contribution is 2.25. The fourth-order valence-electron chi connectivity index (χ4n) is 1.69. The Hall–Kier alpha value is -2.07. The second kappa shape index (κ2) is 5.51.